The van der Waals surface area contributed by atoms with E-state index in [1.165, 1.54) is 0 Å². The minimum Gasteiger partial charge on any atom is -0.486 e. The van der Waals surface area contributed by atoms with Crippen molar-refractivity contribution in [1.29, 1.82) is 0 Å². The number of anilines is 1. The maximum atomic E-state index is 12.8. The molecule has 0 amide bonds. The first-order valence-electron chi connectivity index (χ1n) is 9.20. The summed E-state index contributed by atoms with van der Waals surface area (Å²) in [6.45, 7) is 1.56. The summed E-state index contributed by atoms with van der Waals surface area (Å²) in [6, 6.07) is 11.3. The van der Waals surface area contributed by atoms with Crippen molar-refractivity contribution < 1.29 is 9.47 Å². The number of aromatic amines is 1. The first-order chi connectivity index (χ1) is 14.3. The van der Waals surface area contributed by atoms with Crippen LogP contribution in [0, 0.1) is 0 Å². The van der Waals surface area contributed by atoms with E-state index in [4.69, 9.17) is 9.47 Å². The molecule has 4 heterocycles. The fourth-order valence-corrected chi connectivity index (χ4v) is 3.29. The molecule has 144 valence electrons. The van der Waals surface area contributed by atoms with Gasteiger partial charge in [0.25, 0.3) is 5.56 Å². The van der Waals surface area contributed by atoms with E-state index < -0.39 is 0 Å². The highest BCUT2D eigenvalue weighted by atomic mass is 16.6. The molecule has 0 saturated carbocycles. The lowest BCUT2D eigenvalue weighted by Gasteiger charge is -2.19. The summed E-state index contributed by atoms with van der Waals surface area (Å²) in [6.07, 6.45) is 5.04. The monoisotopic (exact) mass is 387 g/mol. The number of H-pyrrole nitrogens is 1. The molecule has 0 radical (unpaired) electrons. The van der Waals surface area contributed by atoms with Gasteiger partial charge in [0.2, 0.25) is 5.95 Å². The van der Waals surface area contributed by atoms with Crippen LogP contribution in [-0.2, 0) is 6.54 Å². The van der Waals surface area contributed by atoms with Crippen LogP contribution in [0.3, 0.4) is 0 Å². The molecule has 8 nitrogen and oxygen atoms in total. The van der Waals surface area contributed by atoms with Crippen molar-refractivity contribution in [2.75, 3.05) is 18.5 Å². The summed E-state index contributed by atoms with van der Waals surface area (Å²) in [4.78, 5) is 28.4. The van der Waals surface area contributed by atoms with Gasteiger partial charge in [-0.25, -0.2) is 4.98 Å². The molecule has 1 aliphatic rings. The summed E-state index contributed by atoms with van der Waals surface area (Å²) in [7, 11) is 0. The van der Waals surface area contributed by atoms with Crippen LogP contribution in [0.5, 0.6) is 11.5 Å². The first kappa shape index (κ1) is 17.2. The molecule has 0 saturated heterocycles. The maximum absolute atomic E-state index is 12.8. The van der Waals surface area contributed by atoms with Crippen LogP contribution < -0.4 is 20.3 Å². The molecular weight excluding hydrogens is 370 g/mol. The predicted molar refractivity (Wildman–Crippen MR) is 108 cm³/mol. The number of benzene rings is 1. The predicted octanol–water partition coefficient (Wildman–Crippen LogP) is 2.76. The van der Waals surface area contributed by atoms with Gasteiger partial charge in [-0.1, -0.05) is 12.1 Å². The van der Waals surface area contributed by atoms with Crippen LogP contribution in [-0.4, -0.2) is 33.1 Å². The molecule has 5 rings (SSSR count). The number of aromatic nitrogens is 4. The number of nitrogens with one attached hydrogen (secondary N) is 2. The van der Waals surface area contributed by atoms with E-state index in [1.807, 2.05) is 30.3 Å². The highest BCUT2D eigenvalue weighted by Crippen LogP contribution is 2.31. The Labute approximate surface area is 165 Å². The molecule has 0 unspecified atom stereocenters. The number of rotatable bonds is 4. The van der Waals surface area contributed by atoms with E-state index >= 15 is 0 Å². The third kappa shape index (κ3) is 3.36. The van der Waals surface area contributed by atoms with Gasteiger partial charge >= 0.3 is 0 Å². The van der Waals surface area contributed by atoms with E-state index in [1.54, 1.807) is 24.7 Å². The molecular formula is C21H17N5O3. The van der Waals surface area contributed by atoms with Gasteiger partial charge in [-0.3, -0.25) is 14.8 Å². The first-order valence-corrected chi connectivity index (χ1v) is 9.20. The molecule has 4 aromatic rings. The van der Waals surface area contributed by atoms with Crippen molar-refractivity contribution in [3.05, 3.63) is 70.9 Å². The number of nitrogens with zero attached hydrogens (tertiary/aromatic N) is 3. The Bertz CT molecular complexity index is 1240. The molecule has 29 heavy (non-hydrogen) atoms. The lowest BCUT2D eigenvalue weighted by molar-refractivity contribution is 0.171. The van der Waals surface area contributed by atoms with Crippen LogP contribution in [0.15, 0.2) is 59.8 Å². The van der Waals surface area contributed by atoms with Crippen molar-refractivity contribution >= 4 is 17.0 Å². The van der Waals surface area contributed by atoms with Gasteiger partial charge in [0.1, 0.15) is 13.2 Å². The number of ether oxygens (including phenoxy) is 2. The summed E-state index contributed by atoms with van der Waals surface area (Å²) in [5, 5.41) is 3.58. The Morgan fingerprint density at radius 3 is 2.83 bits per heavy atom. The Morgan fingerprint density at radius 1 is 1.07 bits per heavy atom. The standard InChI is InChI=1S/C21H17N5O3/c27-20-18-15(14-2-1-6-22-12-14)5-7-23-19(18)25-21(26-20)24-11-13-3-4-16-17(10-13)29-9-8-28-16/h1-7,10,12H,8-9,11H2,(H2,23,24,25,26,27). The lowest BCUT2D eigenvalue weighted by atomic mass is 10.1. The van der Waals surface area contributed by atoms with Gasteiger partial charge in [0.05, 0.1) is 5.39 Å². The minimum atomic E-state index is -0.258. The second kappa shape index (κ2) is 7.23. The number of pyridine rings is 2. The van der Waals surface area contributed by atoms with Crippen LogP contribution in [0.4, 0.5) is 5.95 Å². The van der Waals surface area contributed by atoms with E-state index in [0.29, 0.717) is 36.7 Å². The minimum absolute atomic E-state index is 0.258. The molecule has 0 spiro atoms. The van der Waals surface area contributed by atoms with Gasteiger partial charge < -0.3 is 14.8 Å². The largest absolute Gasteiger partial charge is 0.486 e. The molecule has 0 bridgehead atoms. The number of hydrogen-bond donors (Lipinski definition) is 2. The summed E-state index contributed by atoms with van der Waals surface area (Å²) in [5.74, 6) is 1.82. The van der Waals surface area contributed by atoms with Gasteiger partial charge in [-0.2, -0.15) is 4.98 Å². The van der Waals surface area contributed by atoms with Crippen molar-refractivity contribution in [3.63, 3.8) is 0 Å². The number of fused-ring (bicyclic) bond motifs is 2. The van der Waals surface area contributed by atoms with Gasteiger partial charge in [-0.05, 0) is 29.8 Å². The quantitative estimate of drug-likeness (QED) is 0.555. The highest BCUT2D eigenvalue weighted by Gasteiger charge is 2.13. The molecule has 0 atom stereocenters. The third-order valence-electron chi connectivity index (χ3n) is 4.65. The SMILES string of the molecule is O=c1[nH]c(NCc2ccc3c(c2)OCCO3)nc2nccc(-c3cccnc3)c12. The summed E-state index contributed by atoms with van der Waals surface area (Å²) in [5.41, 5.74) is 2.68. The Balaban J connectivity index is 1.44. The van der Waals surface area contributed by atoms with E-state index in [9.17, 15) is 4.79 Å². The highest BCUT2D eigenvalue weighted by molar-refractivity contribution is 5.91. The molecule has 1 aliphatic heterocycles. The third-order valence-corrected chi connectivity index (χ3v) is 4.65. The average molecular weight is 387 g/mol. The molecule has 0 aliphatic carbocycles. The Hall–Kier alpha value is -3.94. The zero-order valence-electron chi connectivity index (χ0n) is 15.4. The fraction of sp³-hybridized carbons (Fsp3) is 0.143. The molecule has 2 N–H and O–H groups in total. The van der Waals surface area contributed by atoms with Crippen molar-refractivity contribution in [2.45, 2.75) is 6.54 Å². The zero-order valence-corrected chi connectivity index (χ0v) is 15.4. The van der Waals surface area contributed by atoms with E-state index in [0.717, 1.165) is 28.2 Å². The second-order valence-electron chi connectivity index (χ2n) is 6.54. The van der Waals surface area contributed by atoms with Crippen LogP contribution >= 0.6 is 0 Å². The van der Waals surface area contributed by atoms with Crippen LogP contribution in [0.2, 0.25) is 0 Å². The fourth-order valence-electron chi connectivity index (χ4n) is 3.29. The Morgan fingerprint density at radius 2 is 1.97 bits per heavy atom. The molecule has 0 fully saturated rings. The molecule has 3 aromatic heterocycles. The van der Waals surface area contributed by atoms with Crippen molar-refractivity contribution in [1.82, 2.24) is 19.9 Å². The zero-order chi connectivity index (χ0) is 19.6. The van der Waals surface area contributed by atoms with E-state index in [2.05, 4.69) is 25.3 Å². The van der Waals surface area contributed by atoms with Gasteiger partial charge in [0, 0.05) is 36.3 Å². The normalized spacial score (nSPS) is 12.7. The van der Waals surface area contributed by atoms with E-state index in [-0.39, 0.29) is 5.56 Å². The second-order valence-corrected chi connectivity index (χ2v) is 6.54. The average Bonchev–Trinajstić information content (AvgIpc) is 2.78. The number of hydrogen-bond acceptors (Lipinski definition) is 7. The molecule has 1 aromatic carbocycles. The van der Waals surface area contributed by atoms with Gasteiger partial charge in [0.15, 0.2) is 17.1 Å². The topological polar surface area (TPSA) is 102 Å². The van der Waals surface area contributed by atoms with Crippen LogP contribution in [0.1, 0.15) is 5.56 Å². The van der Waals surface area contributed by atoms with Gasteiger partial charge in [-0.15, -0.1) is 0 Å². The maximum Gasteiger partial charge on any atom is 0.262 e. The summed E-state index contributed by atoms with van der Waals surface area (Å²) < 4.78 is 11.1. The van der Waals surface area contributed by atoms with Crippen molar-refractivity contribution in [3.8, 4) is 22.6 Å². The van der Waals surface area contributed by atoms with Crippen molar-refractivity contribution in [2.24, 2.45) is 0 Å². The van der Waals surface area contributed by atoms with Crippen LogP contribution in [0.25, 0.3) is 22.2 Å². The lowest BCUT2D eigenvalue weighted by Crippen LogP contribution is -2.16. The summed E-state index contributed by atoms with van der Waals surface area (Å²) >= 11 is 0. The Kier molecular flexibility index (Phi) is 4.28. The molecule has 8 heteroatoms. The smallest absolute Gasteiger partial charge is 0.262 e.